The maximum Gasteiger partial charge on any atom is 0.240 e. The molecule has 0 saturated heterocycles. The minimum Gasteiger partial charge on any atom is -0.354 e. The van der Waals surface area contributed by atoms with Crippen LogP contribution in [0.5, 0.6) is 0 Å². The zero-order valence-electron chi connectivity index (χ0n) is 10.8. The predicted molar refractivity (Wildman–Crippen MR) is 73.6 cm³/mol. The van der Waals surface area contributed by atoms with Crippen molar-refractivity contribution in [2.75, 3.05) is 6.54 Å². The summed E-state index contributed by atoms with van der Waals surface area (Å²) >= 11 is 5.87. The Morgan fingerprint density at radius 3 is 2.44 bits per heavy atom. The summed E-state index contributed by atoms with van der Waals surface area (Å²) in [7, 11) is 0. The van der Waals surface area contributed by atoms with Gasteiger partial charge in [-0.2, -0.15) is 0 Å². The van der Waals surface area contributed by atoms with Crippen molar-refractivity contribution in [1.82, 2.24) is 5.32 Å². The Morgan fingerprint density at radius 2 is 1.94 bits per heavy atom. The van der Waals surface area contributed by atoms with Crippen molar-refractivity contribution in [3.8, 4) is 0 Å². The first-order chi connectivity index (χ1) is 8.33. The second-order valence-corrected chi connectivity index (χ2v) is 6.17. The van der Waals surface area contributed by atoms with Crippen molar-refractivity contribution in [3.05, 3.63) is 34.9 Å². The molecule has 1 fully saturated rings. The lowest BCUT2D eigenvalue weighted by Crippen LogP contribution is -2.46. The topological polar surface area (TPSA) is 55.1 Å². The van der Waals surface area contributed by atoms with Gasteiger partial charge in [-0.15, -0.1) is 0 Å². The Morgan fingerprint density at radius 1 is 1.39 bits per heavy atom. The number of carbonyl (C=O) groups is 1. The van der Waals surface area contributed by atoms with E-state index in [1.807, 2.05) is 24.3 Å². The average Bonchev–Trinajstić information content (AvgIpc) is 3.06. The molecule has 1 aliphatic rings. The molecule has 0 atom stereocenters. The van der Waals surface area contributed by atoms with Crippen molar-refractivity contribution >= 4 is 17.5 Å². The smallest absolute Gasteiger partial charge is 0.240 e. The van der Waals surface area contributed by atoms with Crippen LogP contribution in [0.1, 0.15) is 32.3 Å². The molecular formula is C14H19ClN2O. The largest absolute Gasteiger partial charge is 0.354 e. The maximum absolute atomic E-state index is 11.8. The van der Waals surface area contributed by atoms with E-state index in [1.165, 1.54) is 0 Å². The van der Waals surface area contributed by atoms with E-state index in [-0.39, 0.29) is 11.3 Å². The van der Waals surface area contributed by atoms with Gasteiger partial charge in [0.1, 0.15) is 0 Å². The fraction of sp³-hybridized carbons (Fsp3) is 0.500. The predicted octanol–water partition coefficient (Wildman–Crippen LogP) is 2.23. The SMILES string of the molecule is CC(C)(CNC(=O)C1(N)CC1)c1ccc(Cl)cc1. The van der Waals surface area contributed by atoms with Gasteiger partial charge < -0.3 is 11.1 Å². The van der Waals surface area contributed by atoms with Gasteiger partial charge in [-0.05, 0) is 30.5 Å². The Kier molecular flexibility index (Phi) is 3.39. The lowest BCUT2D eigenvalue weighted by Gasteiger charge is -2.26. The minimum atomic E-state index is -0.601. The Labute approximate surface area is 113 Å². The summed E-state index contributed by atoms with van der Waals surface area (Å²) in [5, 5.41) is 3.66. The van der Waals surface area contributed by atoms with E-state index in [0.29, 0.717) is 6.54 Å². The van der Waals surface area contributed by atoms with Gasteiger partial charge in [0, 0.05) is 17.0 Å². The number of benzene rings is 1. The van der Waals surface area contributed by atoms with Gasteiger partial charge in [-0.1, -0.05) is 37.6 Å². The average molecular weight is 267 g/mol. The fourth-order valence-electron chi connectivity index (χ4n) is 1.84. The lowest BCUT2D eigenvalue weighted by molar-refractivity contribution is -0.123. The highest BCUT2D eigenvalue weighted by Crippen LogP contribution is 2.32. The third kappa shape index (κ3) is 2.85. The summed E-state index contributed by atoms with van der Waals surface area (Å²) in [5.74, 6) is -0.0375. The van der Waals surface area contributed by atoms with E-state index in [4.69, 9.17) is 17.3 Å². The molecular weight excluding hydrogens is 248 g/mol. The van der Waals surface area contributed by atoms with Crippen molar-refractivity contribution in [3.63, 3.8) is 0 Å². The molecule has 0 spiro atoms. The van der Waals surface area contributed by atoms with E-state index in [0.717, 1.165) is 23.4 Å². The number of carbonyl (C=O) groups excluding carboxylic acids is 1. The molecule has 98 valence electrons. The van der Waals surface area contributed by atoms with Crippen molar-refractivity contribution < 1.29 is 4.79 Å². The van der Waals surface area contributed by atoms with Crippen molar-refractivity contribution in [1.29, 1.82) is 0 Å². The first kappa shape index (κ1) is 13.4. The van der Waals surface area contributed by atoms with Gasteiger partial charge in [0.05, 0.1) is 5.54 Å². The molecule has 3 nitrogen and oxygen atoms in total. The number of amides is 1. The molecule has 0 heterocycles. The quantitative estimate of drug-likeness (QED) is 0.878. The minimum absolute atomic E-state index is 0.0375. The van der Waals surface area contributed by atoms with E-state index in [2.05, 4.69) is 19.2 Å². The van der Waals surface area contributed by atoms with Crippen LogP contribution in [-0.4, -0.2) is 18.0 Å². The summed E-state index contributed by atoms with van der Waals surface area (Å²) in [5.41, 5.74) is 6.26. The van der Waals surface area contributed by atoms with Gasteiger partial charge >= 0.3 is 0 Å². The number of nitrogens with one attached hydrogen (secondary N) is 1. The van der Waals surface area contributed by atoms with Crippen LogP contribution in [0.25, 0.3) is 0 Å². The van der Waals surface area contributed by atoms with Crippen molar-refractivity contribution in [2.24, 2.45) is 5.73 Å². The first-order valence-corrected chi connectivity index (χ1v) is 6.55. The molecule has 0 unspecified atom stereocenters. The van der Waals surface area contributed by atoms with Crippen LogP contribution >= 0.6 is 11.6 Å². The zero-order valence-corrected chi connectivity index (χ0v) is 11.6. The van der Waals surface area contributed by atoms with Crippen LogP contribution in [-0.2, 0) is 10.2 Å². The molecule has 1 aromatic rings. The Hall–Kier alpha value is -1.06. The fourth-order valence-corrected chi connectivity index (χ4v) is 1.97. The Bertz CT molecular complexity index is 449. The van der Waals surface area contributed by atoms with Crippen LogP contribution in [0, 0.1) is 0 Å². The molecule has 1 aromatic carbocycles. The molecule has 2 rings (SSSR count). The standard InChI is InChI=1S/C14H19ClN2O/c1-13(2,10-3-5-11(15)6-4-10)9-17-12(18)14(16)7-8-14/h3-6H,7-9,16H2,1-2H3,(H,17,18). The van der Waals surface area contributed by atoms with Crippen LogP contribution in [0.2, 0.25) is 5.02 Å². The molecule has 1 saturated carbocycles. The molecule has 1 aliphatic carbocycles. The molecule has 18 heavy (non-hydrogen) atoms. The maximum atomic E-state index is 11.8. The van der Waals surface area contributed by atoms with Gasteiger partial charge in [0.25, 0.3) is 0 Å². The monoisotopic (exact) mass is 266 g/mol. The van der Waals surface area contributed by atoms with Crippen LogP contribution in [0.4, 0.5) is 0 Å². The summed E-state index contributed by atoms with van der Waals surface area (Å²) in [6, 6.07) is 7.71. The molecule has 3 N–H and O–H groups in total. The third-order valence-electron chi connectivity index (χ3n) is 3.56. The van der Waals surface area contributed by atoms with E-state index in [9.17, 15) is 4.79 Å². The number of hydrogen-bond donors (Lipinski definition) is 2. The number of nitrogens with two attached hydrogens (primary N) is 1. The normalized spacial score (nSPS) is 17.3. The Balaban J connectivity index is 1.98. The van der Waals surface area contributed by atoms with Gasteiger partial charge in [0.2, 0.25) is 5.91 Å². The molecule has 4 heteroatoms. The van der Waals surface area contributed by atoms with Gasteiger partial charge in [-0.25, -0.2) is 0 Å². The van der Waals surface area contributed by atoms with E-state index >= 15 is 0 Å². The number of hydrogen-bond acceptors (Lipinski definition) is 2. The van der Waals surface area contributed by atoms with Gasteiger partial charge in [0.15, 0.2) is 0 Å². The number of halogens is 1. The molecule has 0 radical (unpaired) electrons. The number of rotatable bonds is 4. The molecule has 1 amide bonds. The second-order valence-electron chi connectivity index (χ2n) is 5.73. The first-order valence-electron chi connectivity index (χ1n) is 6.17. The molecule has 0 bridgehead atoms. The summed E-state index contributed by atoms with van der Waals surface area (Å²) in [6.07, 6.45) is 1.58. The highest BCUT2D eigenvalue weighted by atomic mass is 35.5. The van der Waals surface area contributed by atoms with Crippen LogP contribution in [0.3, 0.4) is 0 Å². The molecule has 0 aromatic heterocycles. The van der Waals surface area contributed by atoms with E-state index < -0.39 is 5.54 Å². The summed E-state index contributed by atoms with van der Waals surface area (Å²) < 4.78 is 0. The highest BCUT2D eigenvalue weighted by molar-refractivity contribution is 6.30. The van der Waals surface area contributed by atoms with Crippen LogP contribution in [0.15, 0.2) is 24.3 Å². The summed E-state index contributed by atoms with van der Waals surface area (Å²) in [4.78, 5) is 11.8. The van der Waals surface area contributed by atoms with Gasteiger partial charge in [-0.3, -0.25) is 4.79 Å². The van der Waals surface area contributed by atoms with Crippen LogP contribution < -0.4 is 11.1 Å². The van der Waals surface area contributed by atoms with Crippen molar-refractivity contribution in [2.45, 2.75) is 37.6 Å². The summed E-state index contributed by atoms with van der Waals surface area (Å²) in [6.45, 7) is 4.76. The third-order valence-corrected chi connectivity index (χ3v) is 3.81. The van der Waals surface area contributed by atoms with E-state index in [1.54, 1.807) is 0 Å². The second kappa shape index (κ2) is 4.56. The highest BCUT2D eigenvalue weighted by Gasteiger charge is 2.46. The molecule has 0 aliphatic heterocycles. The zero-order chi connectivity index (χ0) is 13.4. The lowest BCUT2D eigenvalue weighted by atomic mass is 9.84.